The predicted molar refractivity (Wildman–Crippen MR) is 99.2 cm³/mol. The van der Waals surface area contributed by atoms with Gasteiger partial charge in [0.2, 0.25) is 5.91 Å². The number of hydrogen-bond acceptors (Lipinski definition) is 3. The number of amides is 2. The maximum atomic E-state index is 12.6. The van der Waals surface area contributed by atoms with Crippen LogP contribution in [0.3, 0.4) is 0 Å². The van der Waals surface area contributed by atoms with Gasteiger partial charge in [0, 0.05) is 18.0 Å². The minimum atomic E-state index is -0.173. The normalized spacial score (nSPS) is 12.8. The van der Waals surface area contributed by atoms with Crippen molar-refractivity contribution >= 4 is 17.5 Å². The van der Waals surface area contributed by atoms with Crippen LogP contribution in [0.4, 0.5) is 5.69 Å². The molecule has 0 saturated carbocycles. The maximum Gasteiger partial charge on any atom is 0.253 e. The second kappa shape index (κ2) is 8.83. The van der Waals surface area contributed by atoms with Crippen LogP contribution in [0.5, 0.6) is 0 Å². The molecular formula is C19H31N3O2. The van der Waals surface area contributed by atoms with Gasteiger partial charge in [0.1, 0.15) is 0 Å². The molecule has 0 aromatic heterocycles. The third kappa shape index (κ3) is 5.34. The molecule has 0 radical (unpaired) electrons. The Kier molecular flexibility index (Phi) is 7.42. The van der Waals surface area contributed by atoms with E-state index < -0.39 is 0 Å². The zero-order valence-corrected chi connectivity index (χ0v) is 15.8. The SMILES string of the molecule is CCC(C)C(=O)Nc1ccccc1C(=O)NCC(C)(C)N(C)CC. The van der Waals surface area contributed by atoms with Gasteiger partial charge in [-0.3, -0.25) is 14.5 Å². The van der Waals surface area contributed by atoms with E-state index in [0.717, 1.165) is 13.0 Å². The van der Waals surface area contributed by atoms with Gasteiger partial charge in [0.25, 0.3) is 5.91 Å². The van der Waals surface area contributed by atoms with Crippen molar-refractivity contribution in [2.75, 3.05) is 25.5 Å². The van der Waals surface area contributed by atoms with Crippen LogP contribution in [0.1, 0.15) is 51.4 Å². The molecule has 0 aliphatic rings. The van der Waals surface area contributed by atoms with Crippen molar-refractivity contribution < 1.29 is 9.59 Å². The first-order chi connectivity index (χ1) is 11.2. The second-order valence-electron chi connectivity index (χ2n) is 6.85. The topological polar surface area (TPSA) is 61.4 Å². The summed E-state index contributed by atoms with van der Waals surface area (Å²) in [6.07, 6.45) is 0.762. The zero-order chi connectivity index (χ0) is 18.3. The molecule has 0 fully saturated rings. The molecule has 1 rings (SSSR count). The lowest BCUT2D eigenvalue weighted by molar-refractivity contribution is -0.119. The fraction of sp³-hybridized carbons (Fsp3) is 0.579. The number of nitrogens with one attached hydrogen (secondary N) is 2. The highest BCUT2D eigenvalue weighted by atomic mass is 16.2. The number of hydrogen-bond donors (Lipinski definition) is 2. The number of benzene rings is 1. The first kappa shape index (κ1) is 20.2. The van der Waals surface area contributed by atoms with E-state index in [-0.39, 0.29) is 23.3 Å². The van der Waals surface area contributed by atoms with Crippen LogP contribution in [0.15, 0.2) is 24.3 Å². The van der Waals surface area contributed by atoms with Gasteiger partial charge in [0.05, 0.1) is 11.3 Å². The molecule has 0 aliphatic heterocycles. The van der Waals surface area contributed by atoms with Gasteiger partial charge in [-0.2, -0.15) is 0 Å². The van der Waals surface area contributed by atoms with E-state index >= 15 is 0 Å². The highest BCUT2D eigenvalue weighted by Crippen LogP contribution is 2.17. The highest BCUT2D eigenvalue weighted by molar-refractivity contribution is 6.04. The number of carbonyl (C=O) groups is 2. The van der Waals surface area contributed by atoms with Crippen molar-refractivity contribution in [3.8, 4) is 0 Å². The molecule has 2 amide bonds. The molecule has 1 atom stereocenters. The maximum absolute atomic E-state index is 12.6. The summed E-state index contributed by atoms with van der Waals surface area (Å²) in [6.45, 7) is 11.6. The van der Waals surface area contributed by atoms with Crippen LogP contribution in [0, 0.1) is 5.92 Å². The Bertz CT molecular complexity index is 569. The Morgan fingerprint density at radius 2 is 1.83 bits per heavy atom. The number of nitrogens with zero attached hydrogens (tertiary/aromatic N) is 1. The van der Waals surface area contributed by atoms with Crippen molar-refractivity contribution in [3.63, 3.8) is 0 Å². The van der Waals surface area contributed by atoms with Crippen LogP contribution in [-0.2, 0) is 4.79 Å². The van der Waals surface area contributed by atoms with Gasteiger partial charge in [-0.15, -0.1) is 0 Å². The number of carbonyl (C=O) groups excluding carboxylic acids is 2. The van der Waals surface area contributed by atoms with Crippen molar-refractivity contribution in [1.82, 2.24) is 10.2 Å². The Balaban J connectivity index is 2.83. The Labute approximate surface area is 145 Å². The number of anilines is 1. The minimum Gasteiger partial charge on any atom is -0.350 e. The van der Waals surface area contributed by atoms with Crippen molar-refractivity contribution in [2.45, 2.75) is 46.6 Å². The van der Waals surface area contributed by atoms with Crippen molar-refractivity contribution in [1.29, 1.82) is 0 Å². The van der Waals surface area contributed by atoms with E-state index in [1.54, 1.807) is 18.2 Å². The molecule has 1 unspecified atom stereocenters. The molecule has 1 aromatic carbocycles. The highest BCUT2D eigenvalue weighted by Gasteiger charge is 2.24. The number of rotatable bonds is 8. The van der Waals surface area contributed by atoms with E-state index in [4.69, 9.17) is 0 Å². The fourth-order valence-electron chi connectivity index (χ4n) is 2.19. The molecule has 5 nitrogen and oxygen atoms in total. The average molecular weight is 333 g/mol. The summed E-state index contributed by atoms with van der Waals surface area (Å²) in [7, 11) is 2.03. The monoisotopic (exact) mass is 333 g/mol. The van der Waals surface area contributed by atoms with E-state index in [1.807, 2.05) is 27.0 Å². The summed E-state index contributed by atoms with van der Waals surface area (Å²) in [4.78, 5) is 26.9. The minimum absolute atomic E-state index is 0.0659. The molecule has 0 aliphatic carbocycles. The molecule has 0 spiro atoms. The Morgan fingerprint density at radius 1 is 1.21 bits per heavy atom. The van der Waals surface area contributed by atoms with Crippen LogP contribution >= 0.6 is 0 Å². The number of likely N-dealkylation sites (N-methyl/N-ethyl adjacent to an activating group) is 1. The van der Waals surface area contributed by atoms with Crippen LogP contribution in [-0.4, -0.2) is 42.4 Å². The van der Waals surface area contributed by atoms with Gasteiger partial charge in [-0.1, -0.05) is 32.9 Å². The third-order valence-electron chi connectivity index (χ3n) is 4.68. The van der Waals surface area contributed by atoms with Crippen LogP contribution < -0.4 is 10.6 Å². The van der Waals surface area contributed by atoms with Crippen LogP contribution in [0.25, 0.3) is 0 Å². The van der Waals surface area contributed by atoms with E-state index in [0.29, 0.717) is 17.8 Å². The Hall–Kier alpha value is -1.88. The van der Waals surface area contributed by atoms with Gasteiger partial charge >= 0.3 is 0 Å². The molecule has 1 aromatic rings. The number of para-hydroxylation sites is 1. The van der Waals surface area contributed by atoms with E-state index in [9.17, 15) is 9.59 Å². The lowest BCUT2D eigenvalue weighted by Gasteiger charge is -2.35. The summed E-state index contributed by atoms with van der Waals surface area (Å²) in [6, 6.07) is 7.12. The summed E-state index contributed by atoms with van der Waals surface area (Å²) in [5, 5.41) is 5.84. The smallest absolute Gasteiger partial charge is 0.253 e. The standard InChI is InChI=1S/C19H31N3O2/c1-7-14(3)17(23)21-16-12-10-9-11-15(16)18(24)20-13-19(4,5)22(6)8-2/h9-12,14H,7-8,13H2,1-6H3,(H,20,24)(H,21,23). The molecule has 0 bridgehead atoms. The third-order valence-corrected chi connectivity index (χ3v) is 4.68. The largest absolute Gasteiger partial charge is 0.350 e. The first-order valence-corrected chi connectivity index (χ1v) is 8.62. The molecule has 134 valence electrons. The lowest BCUT2D eigenvalue weighted by atomic mass is 10.0. The zero-order valence-electron chi connectivity index (χ0n) is 15.8. The molecule has 0 saturated heterocycles. The van der Waals surface area contributed by atoms with E-state index in [1.165, 1.54) is 0 Å². The average Bonchev–Trinajstić information content (AvgIpc) is 2.58. The summed E-state index contributed by atoms with van der Waals surface area (Å²) >= 11 is 0. The van der Waals surface area contributed by atoms with Gasteiger partial charge < -0.3 is 10.6 Å². The summed E-state index contributed by atoms with van der Waals surface area (Å²) in [5.41, 5.74) is 0.908. The summed E-state index contributed by atoms with van der Waals surface area (Å²) < 4.78 is 0. The van der Waals surface area contributed by atoms with Crippen molar-refractivity contribution in [2.24, 2.45) is 5.92 Å². The van der Waals surface area contributed by atoms with E-state index in [2.05, 4.69) is 36.3 Å². The lowest BCUT2D eigenvalue weighted by Crippen LogP contribution is -2.49. The molecular weight excluding hydrogens is 302 g/mol. The van der Waals surface area contributed by atoms with Gasteiger partial charge in [0.15, 0.2) is 0 Å². The molecule has 5 heteroatoms. The Morgan fingerprint density at radius 3 is 2.42 bits per heavy atom. The fourth-order valence-corrected chi connectivity index (χ4v) is 2.19. The van der Waals surface area contributed by atoms with Gasteiger partial charge in [-0.05, 0) is 46.0 Å². The quantitative estimate of drug-likeness (QED) is 0.768. The molecule has 0 heterocycles. The first-order valence-electron chi connectivity index (χ1n) is 8.62. The van der Waals surface area contributed by atoms with Crippen LogP contribution in [0.2, 0.25) is 0 Å². The van der Waals surface area contributed by atoms with Crippen molar-refractivity contribution in [3.05, 3.63) is 29.8 Å². The summed E-state index contributed by atoms with van der Waals surface area (Å²) in [5.74, 6) is -0.324. The molecule has 2 N–H and O–H groups in total. The second-order valence-corrected chi connectivity index (χ2v) is 6.85. The van der Waals surface area contributed by atoms with Gasteiger partial charge in [-0.25, -0.2) is 0 Å². The predicted octanol–water partition coefficient (Wildman–Crippen LogP) is 3.13. The molecule has 24 heavy (non-hydrogen) atoms.